The van der Waals surface area contributed by atoms with Gasteiger partial charge in [-0.05, 0) is 24.6 Å². The van der Waals surface area contributed by atoms with E-state index in [1.165, 1.54) is 37.8 Å². The van der Waals surface area contributed by atoms with Gasteiger partial charge in [-0.3, -0.25) is 0 Å². The van der Waals surface area contributed by atoms with Crippen molar-refractivity contribution in [3.63, 3.8) is 0 Å². The number of nitriles is 1. The van der Waals surface area contributed by atoms with Gasteiger partial charge >= 0.3 is 0 Å². The summed E-state index contributed by atoms with van der Waals surface area (Å²) in [7, 11) is 0. The van der Waals surface area contributed by atoms with Crippen LogP contribution in [0.1, 0.15) is 50.7 Å². The van der Waals surface area contributed by atoms with Crippen molar-refractivity contribution < 1.29 is 4.39 Å². The van der Waals surface area contributed by atoms with Crippen molar-refractivity contribution in [2.24, 2.45) is 0 Å². The molecule has 0 N–H and O–H groups in total. The fourth-order valence-electron chi connectivity index (χ4n) is 1.22. The maximum Gasteiger partial charge on any atom is 0.140 e. The van der Waals surface area contributed by atoms with E-state index in [4.69, 9.17) is 5.26 Å². The normalized spacial score (nSPS) is 8.94. The van der Waals surface area contributed by atoms with Crippen LogP contribution in [-0.4, -0.2) is 0 Å². The van der Waals surface area contributed by atoms with Crippen LogP contribution in [-0.2, 0) is 0 Å². The minimum Gasteiger partial charge on any atom is -0.206 e. The van der Waals surface area contributed by atoms with Crippen molar-refractivity contribution in [3.05, 3.63) is 35.1 Å². The molecule has 0 fully saturated rings. The summed E-state index contributed by atoms with van der Waals surface area (Å²) in [6.07, 6.45) is 5.54. The van der Waals surface area contributed by atoms with E-state index in [9.17, 15) is 4.39 Å². The predicted molar refractivity (Wildman–Crippen MR) is 65.7 cm³/mol. The summed E-state index contributed by atoms with van der Waals surface area (Å²) in [5.74, 6) is -0.451. The molecular formula is C14H20FN. The third-order valence-corrected chi connectivity index (χ3v) is 2.20. The molecule has 1 aromatic carbocycles. The van der Waals surface area contributed by atoms with Crippen LogP contribution in [0.4, 0.5) is 4.39 Å². The third-order valence-electron chi connectivity index (χ3n) is 2.20. The molecule has 1 aromatic rings. The quantitative estimate of drug-likeness (QED) is 0.685. The highest BCUT2D eigenvalue weighted by atomic mass is 19.1. The zero-order chi connectivity index (χ0) is 12.4. The van der Waals surface area contributed by atoms with Gasteiger partial charge in [0.05, 0.1) is 5.56 Å². The molecule has 0 spiro atoms. The Kier molecular flexibility index (Phi) is 8.15. The SMILES string of the molecule is CCCCCC.Cc1ccc(F)c(C#N)c1. The van der Waals surface area contributed by atoms with Crippen molar-refractivity contribution in [2.45, 2.75) is 46.5 Å². The molecule has 16 heavy (non-hydrogen) atoms. The first-order chi connectivity index (χ1) is 7.65. The second-order valence-electron chi connectivity index (χ2n) is 3.80. The summed E-state index contributed by atoms with van der Waals surface area (Å²) in [5.41, 5.74) is 1.01. The van der Waals surface area contributed by atoms with Crippen LogP contribution in [0.25, 0.3) is 0 Å². The van der Waals surface area contributed by atoms with E-state index in [2.05, 4.69) is 13.8 Å². The van der Waals surface area contributed by atoms with E-state index in [0.29, 0.717) is 0 Å². The summed E-state index contributed by atoms with van der Waals surface area (Å²) >= 11 is 0. The predicted octanol–water partition coefficient (Wildman–Crippen LogP) is 4.59. The topological polar surface area (TPSA) is 23.8 Å². The molecule has 0 bridgehead atoms. The Morgan fingerprint density at radius 2 is 1.75 bits per heavy atom. The van der Waals surface area contributed by atoms with Gasteiger partial charge in [0.2, 0.25) is 0 Å². The number of halogens is 1. The zero-order valence-electron chi connectivity index (χ0n) is 10.4. The van der Waals surface area contributed by atoms with E-state index >= 15 is 0 Å². The zero-order valence-corrected chi connectivity index (χ0v) is 10.4. The van der Waals surface area contributed by atoms with Crippen molar-refractivity contribution in [1.82, 2.24) is 0 Å². The lowest BCUT2D eigenvalue weighted by Crippen LogP contribution is -1.83. The lowest BCUT2D eigenvalue weighted by molar-refractivity contribution is 0.623. The lowest BCUT2D eigenvalue weighted by Gasteiger charge is -1.92. The Bertz CT molecular complexity index is 335. The number of unbranched alkanes of at least 4 members (excludes halogenated alkanes) is 3. The van der Waals surface area contributed by atoms with Crippen LogP contribution in [0.2, 0.25) is 0 Å². The fourth-order valence-corrected chi connectivity index (χ4v) is 1.22. The molecule has 0 saturated heterocycles. The Morgan fingerprint density at radius 3 is 2.12 bits per heavy atom. The first kappa shape index (κ1) is 14.6. The molecule has 0 aliphatic heterocycles. The number of hydrogen-bond acceptors (Lipinski definition) is 1. The van der Waals surface area contributed by atoms with E-state index in [1.54, 1.807) is 12.1 Å². The van der Waals surface area contributed by atoms with Crippen molar-refractivity contribution in [2.75, 3.05) is 0 Å². The Balaban J connectivity index is 0.000000325. The Morgan fingerprint density at radius 1 is 1.19 bits per heavy atom. The van der Waals surface area contributed by atoms with Crippen LogP contribution < -0.4 is 0 Å². The standard InChI is InChI=1S/C8H6FN.C6H14/c1-6-2-3-8(9)7(4-6)5-10;1-3-5-6-4-2/h2-4H,1H3;3-6H2,1-2H3. The molecule has 0 unspecified atom stereocenters. The minimum atomic E-state index is -0.451. The average Bonchev–Trinajstić information content (AvgIpc) is 2.30. The molecule has 0 aliphatic carbocycles. The molecular weight excluding hydrogens is 201 g/mol. The number of benzene rings is 1. The molecule has 1 nitrogen and oxygen atoms in total. The molecule has 0 aliphatic rings. The second-order valence-corrected chi connectivity index (χ2v) is 3.80. The molecule has 0 heterocycles. The number of hydrogen-bond donors (Lipinski definition) is 0. The first-order valence-corrected chi connectivity index (χ1v) is 5.81. The van der Waals surface area contributed by atoms with E-state index < -0.39 is 5.82 Å². The number of aryl methyl sites for hydroxylation is 1. The maximum atomic E-state index is 12.5. The van der Waals surface area contributed by atoms with Gasteiger partial charge in [-0.15, -0.1) is 0 Å². The van der Waals surface area contributed by atoms with Gasteiger partial charge in [0, 0.05) is 0 Å². The smallest absolute Gasteiger partial charge is 0.140 e. The summed E-state index contributed by atoms with van der Waals surface area (Å²) in [4.78, 5) is 0. The molecule has 2 heteroatoms. The first-order valence-electron chi connectivity index (χ1n) is 5.81. The van der Waals surface area contributed by atoms with Crippen molar-refractivity contribution in [1.29, 1.82) is 5.26 Å². The number of nitrogens with zero attached hydrogens (tertiary/aromatic N) is 1. The third kappa shape index (κ3) is 6.19. The van der Waals surface area contributed by atoms with Crippen molar-refractivity contribution >= 4 is 0 Å². The van der Waals surface area contributed by atoms with Gasteiger partial charge in [-0.2, -0.15) is 5.26 Å². The van der Waals surface area contributed by atoms with Gasteiger partial charge in [0.15, 0.2) is 0 Å². The van der Waals surface area contributed by atoms with Crippen LogP contribution in [0.3, 0.4) is 0 Å². The average molecular weight is 221 g/mol. The summed E-state index contributed by atoms with van der Waals surface area (Å²) < 4.78 is 12.5. The lowest BCUT2D eigenvalue weighted by atomic mass is 10.1. The van der Waals surface area contributed by atoms with Gasteiger partial charge in [0.1, 0.15) is 11.9 Å². The Hall–Kier alpha value is -1.36. The van der Waals surface area contributed by atoms with Gasteiger partial charge in [0.25, 0.3) is 0 Å². The highest BCUT2D eigenvalue weighted by molar-refractivity contribution is 5.33. The van der Waals surface area contributed by atoms with Crippen LogP contribution in [0.15, 0.2) is 18.2 Å². The molecule has 0 saturated carbocycles. The van der Waals surface area contributed by atoms with E-state index in [1.807, 2.05) is 6.92 Å². The summed E-state index contributed by atoms with van der Waals surface area (Å²) in [6, 6.07) is 6.22. The van der Waals surface area contributed by atoms with E-state index in [0.717, 1.165) is 5.56 Å². The second kappa shape index (κ2) is 8.91. The largest absolute Gasteiger partial charge is 0.206 e. The fraction of sp³-hybridized carbons (Fsp3) is 0.500. The van der Waals surface area contributed by atoms with Crippen LogP contribution >= 0.6 is 0 Å². The highest BCUT2D eigenvalue weighted by Crippen LogP contribution is 2.07. The molecule has 0 atom stereocenters. The molecule has 0 aromatic heterocycles. The monoisotopic (exact) mass is 221 g/mol. The van der Waals surface area contributed by atoms with Gasteiger partial charge in [-0.1, -0.05) is 45.6 Å². The minimum absolute atomic E-state index is 0.111. The molecule has 1 rings (SSSR count). The van der Waals surface area contributed by atoms with Crippen molar-refractivity contribution in [3.8, 4) is 6.07 Å². The van der Waals surface area contributed by atoms with Gasteiger partial charge in [-0.25, -0.2) is 4.39 Å². The Labute approximate surface area is 97.9 Å². The summed E-state index contributed by atoms with van der Waals surface area (Å²) in [6.45, 7) is 6.28. The maximum absolute atomic E-state index is 12.5. The molecule has 0 amide bonds. The van der Waals surface area contributed by atoms with Gasteiger partial charge < -0.3 is 0 Å². The number of rotatable bonds is 3. The van der Waals surface area contributed by atoms with Crippen LogP contribution in [0, 0.1) is 24.1 Å². The molecule has 88 valence electrons. The van der Waals surface area contributed by atoms with E-state index in [-0.39, 0.29) is 5.56 Å². The van der Waals surface area contributed by atoms with Crippen LogP contribution in [0.5, 0.6) is 0 Å². The molecule has 0 radical (unpaired) electrons. The highest BCUT2D eigenvalue weighted by Gasteiger charge is 1.98. The summed E-state index contributed by atoms with van der Waals surface area (Å²) in [5, 5.41) is 8.35.